The van der Waals surface area contributed by atoms with Crippen molar-refractivity contribution in [1.82, 2.24) is 14.8 Å². The molecule has 0 aliphatic rings. The first kappa shape index (κ1) is 19.2. The second-order valence-electron chi connectivity index (χ2n) is 6.42. The smallest absolute Gasteiger partial charge is 0.276 e. The van der Waals surface area contributed by atoms with Gasteiger partial charge in [0.25, 0.3) is 5.91 Å². The summed E-state index contributed by atoms with van der Waals surface area (Å²) in [5.41, 5.74) is 3.27. The maximum absolute atomic E-state index is 13.0. The lowest BCUT2D eigenvalue weighted by atomic mass is 10.2. The molecule has 4 rings (SSSR count). The number of nitrogens with zero attached hydrogens (tertiary/aromatic N) is 3. The van der Waals surface area contributed by atoms with Gasteiger partial charge in [0.05, 0.1) is 31.3 Å². The molecule has 1 N–H and O–H groups in total. The summed E-state index contributed by atoms with van der Waals surface area (Å²) in [6.45, 7) is 0. The Kier molecular flexibility index (Phi) is 5.43. The molecule has 2 aromatic heterocycles. The third-order valence-corrected chi connectivity index (χ3v) is 4.56. The zero-order valence-corrected chi connectivity index (χ0v) is 16.6. The molecule has 0 fully saturated rings. The van der Waals surface area contributed by atoms with Gasteiger partial charge in [0.1, 0.15) is 11.5 Å². The maximum atomic E-state index is 13.0. The van der Waals surface area contributed by atoms with Crippen LogP contribution in [0.4, 0.5) is 5.69 Å². The van der Waals surface area contributed by atoms with Gasteiger partial charge in [-0.3, -0.25) is 9.78 Å². The molecular formula is C23H20N4O3. The molecule has 4 aromatic rings. The zero-order chi connectivity index (χ0) is 20.9. The number of rotatable bonds is 6. The van der Waals surface area contributed by atoms with E-state index in [0.29, 0.717) is 17.2 Å². The van der Waals surface area contributed by atoms with Gasteiger partial charge in [-0.1, -0.05) is 18.2 Å². The molecule has 7 heteroatoms. The second kappa shape index (κ2) is 8.48. The highest BCUT2D eigenvalue weighted by molar-refractivity contribution is 6.04. The van der Waals surface area contributed by atoms with E-state index < -0.39 is 0 Å². The van der Waals surface area contributed by atoms with Crippen LogP contribution in [0.5, 0.6) is 11.5 Å². The van der Waals surface area contributed by atoms with E-state index in [1.165, 1.54) is 7.11 Å². The Bertz CT molecular complexity index is 1100. The number of pyridine rings is 1. The minimum absolute atomic E-state index is 0.274. The van der Waals surface area contributed by atoms with Gasteiger partial charge < -0.3 is 14.8 Å². The number of nitrogens with one attached hydrogen (secondary N) is 1. The molecule has 2 heterocycles. The fourth-order valence-electron chi connectivity index (χ4n) is 3.07. The molecule has 0 atom stereocenters. The molecular weight excluding hydrogens is 380 g/mol. The summed E-state index contributed by atoms with van der Waals surface area (Å²) in [5, 5.41) is 7.42. The van der Waals surface area contributed by atoms with Crippen molar-refractivity contribution in [3.63, 3.8) is 0 Å². The van der Waals surface area contributed by atoms with Gasteiger partial charge in [0.15, 0.2) is 5.69 Å². The average molecular weight is 400 g/mol. The van der Waals surface area contributed by atoms with E-state index in [4.69, 9.17) is 9.47 Å². The lowest BCUT2D eigenvalue weighted by molar-refractivity contribution is 0.102. The van der Waals surface area contributed by atoms with E-state index in [2.05, 4.69) is 15.4 Å². The van der Waals surface area contributed by atoms with Crippen molar-refractivity contribution in [1.29, 1.82) is 0 Å². The van der Waals surface area contributed by atoms with Crippen LogP contribution in [0, 0.1) is 0 Å². The van der Waals surface area contributed by atoms with Gasteiger partial charge in [-0.15, -0.1) is 0 Å². The molecule has 30 heavy (non-hydrogen) atoms. The van der Waals surface area contributed by atoms with Gasteiger partial charge in [0, 0.05) is 24.0 Å². The van der Waals surface area contributed by atoms with E-state index in [1.807, 2.05) is 42.5 Å². The van der Waals surface area contributed by atoms with Crippen molar-refractivity contribution in [3.05, 3.63) is 84.8 Å². The Morgan fingerprint density at radius 2 is 1.80 bits per heavy atom. The summed E-state index contributed by atoms with van der Waals surface area (Å²) < 4.78 is 12.3. The fraction of sp³-hybridized carbons (Fsp3) is 0.0870. The summed E-state index contributed by atoms with van der Waals surface area (Å²) in [6, 6.07) is 20.3. The normalized spacial score (nSPS) is 10.5. The predicted molar refractivity (Wildman–Crippen MR) is 114 cm³/mol. The largest absolute Gasteiger partial charge is 0.497 e. The zero-order valence-electron chi connectivity index (χ0n) is 16.6. The topological polar surface area (TPSA) is 78.3 Å². The number of benzene rings is 2. The van der Waals surface area contributed by atoms with Crippen molar-refractivity contribution < 1.29 is 14.3 Å². The molecule has 0 radical (unpaired) electrons. The summed E-state index contributed by atoms with van der Waals surface area (Å²) in [6.07, 6.45) is 3.45. The van der Waals surface area contributed by atoms with Gasteiger partial charge in [-0.05, 0) is 42.5 Å². The van der Waals surface area contributed by atoms with E-state index in [1.54, 1.807) is 48.5 Å². The van der Waals surface area contributed by atoms with Gasteiger partial charge in [0.2, 0.25) is 0 Å². The summed E-state index contributed by atoms with van der Waals surface area (Å²) >= 11 is 0. The quantitative estimate of drug-likeness (QED) is 0.525. The number of methoxy groups -OCH3 is 2. The third-order valence-electron chi connectivity index (χ3n) is 4.56. The second-order valence-corrected chi connectivity index (χ2v) is 6.42. The Morgan fingerprint density at radius 1 is 0.967 bits per heavy atom. The lowest BCUT2D eigenvalue weighted by Gasteiger charge is -2.10. The number of amides is 1. The molecule has 0 aliphatic heterocycles. The molecule has 150 valence electrons. The molecule has 0 saturated carbocycles. The van der Waals surface area contributed by atoms with Crippen molar-refractivity contribution in [2.45, 2.75) is 0 Å². The van der Waals surface area contributed by atoms with Crippen LogP contribution in [0.1, 0.15) is 10.5 Å². The van der Waals surface area contributed by atoms with E-state index in [9.17, 15) is 4.79 Å². The van der Waals surface area contributed by atoms with E-state index in [0.717, 1.165) is 16.9 Å². The van der Waals surface area contributed by atoms with Crippen LogP contribution in [0.25, 0.3) is 16.9 Å². The third kappa shape index (κ3) is 3.86. The Hall–Kier alpha value is -4.13. The number of carbonyl (C=O) groups is 1. The molecule has 0 saturated heterocycles. The Balaban J connectivity index is 1.71. The van der Waals surface area contributed by atoms with Crippen molar-refractivity contribution in [2.75, 3.05) is 19.5 Å². The van der Waals surface area contributed by atoms with Crippen LogP contribution in [0.15, 0.2) is 79.1 Å². The highest BCUT2D eigenvalue weighted by Crippen LogP contribution is 2.30. The molecule has 1 amide bonds. The standard InChI is InChI=1S/C23H20N4O3/c1-29-18-10-11-19(22(13-18)30-2)25-23(28)20-14-21(16-7-6-12-24-15-16)27(26-20)17-8-4-3-5-9-17/h3-15H,1-2H3,(H,25,28). The highest BCUT2D eigenvalue weighted by Gasteiger charge is 2.18. The minimum atomic E-state index is -0.349. The van der Waals surface area contributed by atoms with Crippen molar-refractivity contribution in [3.8, 4) is 28.4 Å². The number of aromatic nitrogens is 3. The highest BCUT2D eigenvalue weighted by atomic mass is 16.5. The molecule has 7 nitrogen and oxygen atoms in total. The number of hydrogen-bond donors (Lipinski definition) is 1. The maximum Gasteiger partial charge on any atom is 0.276 e. The van der Waals surface area contributed by atoms with Crippen molar-refractivity contribution >= 4 is 11.6 Å². The fourth-order valence-corrected chi connectivity index (χ4v) is 3.07. The van der Waals surface area contributed by atoms with Crippen LogP contribution < -0.4 is 14.8 Å². The SMILES string of the molecule is COc1ccc(NC(=O)c2cc(-c3cccnc3)n(-c3ccccc3)n2)c(OC)c1. The van der Waals surface area contributed by atoms with Gasteiger partial charge in [-0.2, -0.15) is 5.10 Å². The van der Waals surface area contributed by atoms with Gasteiger partial charge in [-0.25, -0.2) is 4.68 Å². The summed E-state index contributed by atoms with van der Waals surface area (Å²) in [4.78, 5) is 17.2. The Labute approximate surface area is 173 Å². The number of carbonyl (C=O) groups excluding carboxylic acids is 1. The van der Waals surface area contributed by atoms with Gasteiger partial charge >= 0.3 is 0 Å². The number of hydrogen-bond acceptors (Lipinski definition) is 5. The van der Waals surface area contributed by atoms with Crippen LogP contribution >= 0.6 is 0 Å². The van der Waals surface area contributed by atoms with Crippen LogP contribution in [-0.2, 0) is 0 Å². The number of anilines is 1. The molecule has 0 aliphatic carbocycles. The van der Waals surface area contributed by atoms with E-state index in [-0.39, 0.29) is 11.6 Å². The van der Waals surface area contributed by atoms with Crippen LogP contribution in [-0.4, -0.2) is 34.9 Å². The van der Waals surface area contributed by atoms with E-state index >= 15 is 0 Å². The number of para-hydroxylation sites is 1. The molecule has 2 aromatic carbocycles. The number of ether oxygens (including phenoxy) is 2. The first-order valence-electron chi connectivity index (χ1n) is 9.29. The molecule has 0 bridgehead atoms. The molecule has 0 unspecified atom stereocenters. The van der Waals surface area contributed by atoms with Crippen LogP contribution in [0.3, 0.4) is 0 Å². The summed E-state index contributed by atoms with van der Waals surface area (Å²) in [5.74, 6) is 0.785. The Morgan fingerprint density at radius 3 is 2.50 bits per heavy atom. The monoisotopic (exact) mass is 400 g/mol. The predicted octanol–water partition coefficient (Wildman–Crippen LogP) is 4.20. The first-order valence-corrected chi connectivity index (χ1v) is 9.29. The van der Waals surface area contributed by atoms with Crippen molar-refractivity contribution in [2.24, 2.45) is 0 Å². The lowest BCUT2D eigenvalue weighted by Crippen LogP contribution is -2.14. The average Bonchev–Trinajstić information content (AvgIpc) is 3.26. The van der Waals surface area contributed by atoms with Crippen LogP contribution in [0.2, 0.25) is 0 Å². The molecule has 0 spiro atoms. The summed E-state index contributed by atoms with van der Waals surface area (Å²) in [7, 11) is 3.11. The minimum Gasteiger partial charge on any atom is -0.497 e. The first-order chi connectivity index (χ1) is 14.7.